The van der Waals surface area contributed by atoms with E-state index in [1.165, 1.54) is 49.8 Å². The van der Waals surface area contributed by atoms with E-state index in [4.69, 9.17) is 4.74 Å². The summed E-state index contributed by atoms with van der Waals surface area (Å²) in [5, 5.41) is 3.53. The molecule has 1 N–H and O–H groups in total. The lowest BCUT2D eigenvalue weighted by Gasteiger charge is -2.26. The summed E-state index contributed by atoms with van der Waals surface area (Å²) < 4.78 is 5.16. The van der Waals surface area contributed by atoms with Crippen LogP contribution in [-0.4, -0.2) is 38.1 Å². The smallest absolute Gasteiger partial charge is 0.193 e. The number of hydrogen-bond acceptors (Lipinski definition) is 2. The molecule has 0 amide bonds. The van der Waals surface area contributed by atoms with Crippen molar-refractivity contribution < 1.29 is 4.74 Å². The van der Waals surface area contributed by atoms with Crippen molar-refractivity contribution >= 4 is 29.9 Å². The van der Waals surface area contributed by atoms with E-state index in [0.717, 1.165) is 19.0 Å². The Balaban J connectivity index is 0.00000208. The van der Waals surface area contributed by atoms with Crippen molar-refractivity contribution in [2.24, 2.45) is 10.4 Å². The van der Waals surface area contributed by atoms with Crippen molar-refractivity contribution in [3.05, 3.63) is 35.4 Å². The van der Waals surface area contributed by atoms with Crippen LogP contribution in [0.15, 0.2) is 29.3 Å². The molecule has 1 aliphatic heterocycles. The Morgan fingerprint density at radius 3 is 2.46 bits per heavy atom. The average molecular weight is 443 g/mol. The van der Waals surface area contributed by atoms with Gasteiger partial charge in [0.05, 0.1) is 6.61 Å². The minimum absolute atomic E-state index is 0. The first-order valence-corrected chi connectivity index (χ1v) is 8.77. The van der Waals surface area contributed by atoms with Crippen LogP contribution in [0.4, 0.5) is 0 Å². The molecule has 5 heteroatoms. The number of methoxy groups -OCH3 is 1. The minimum Gasteiger partial charge on any atom is -0.380 e. The van der Waals surface area contributed by atoms with E-state index in [-0.39, 0.29) is 24.0 Å². The molecule has 1 saturated heterocycles. The molecule has 0 aromatic heterocycles. The van der Waals surface area contributed by atoms with E-state index in [0.29, 0.717) is 12.0 Å². The maximum atomic E-state index is 5.16. The molecule has 0 unspecified atom stereocenters. The van der Waals surface area contributed by atoms with Crippen LogP contribution in [0.2, 0.25) is 0 Å². The topological polar surface area (TPSA) is 36.9 Å². The third-order valence-electron chi connectivity index (χ3n) is 5.40. The number of nitrogens with zero attached hydrogens (tertiary/aromatic N) is 2. The molecule has 4 nitrogen and oxygen atoms in total. The zero-order valence-electron chi connectivity index (χ0n) is 14.9. The average Bonchev–Trinajstić information content (AvgIpc) is 3.20. The van der Waals surface area contributed by atoms with Gasteiger partial charge in [-0.2, -0.15) is 0 Å². The second-order valence-electron chi connectivity index (χ2n) is 7.03. The fourth-order valence-corrected chi connectivity index (χ4v) is 4.08. The highest BCUT2D eigenvalue weighted by Crippen LogP contribution is 2.45. The highest BCUT2D eigenvalue weighted by molar-refractivity contribution is 14.0. The molecular formula is C19H30IN3O. The molecule has 2 aliphatic rings. The van der Waals surface area contributed by atoms with Crippen LogP contribution >= 0.6 is 24.0 Å². The van der Waals surface area contributed by atoms with Crippen molar-refractivity contribution in [2.75, 3.05) is 27.2 Å². The molecule has 134 valence electrons. The lowest BCUT2D eigenvalue weighted by atomic mass is 9.86. The number of benzene rings is 1. The number of hydrogen-bond donors (Lipinski definition) is 1. The van der Waals surface area contributed by atoms with Gasteiger partial charge in [0, 0.05) is 33.8 Å². The zero-order chi connectivity index (χ0) is 16.1. The first kappa shape index (κ1) is 19.5. The summed E-state index contributed by atoms with van der Waals surface area (Å²) in [4.78, 5) is 6.95. The number of likely N-dealkylation sites (tertiary alicyclic amines) is 1. The zero-order valence-corrected chi connectivity index (χ0v) is 17.2. The summed E-state index contributed by atoms with van der Waals surface area (Å²) >= 11 is 0. The van der Waals surface area contributed by atoms with Crippen LogP contribution in [0.5, 0.6) is 0 Å². The van der Waals surface area contributed by atoms with Crippen LogP contribution < -0.4 is 5.32 Å². The molecule has 1 spiro atoms. The molecule has 1 aliphatic carbocycles. The molecule has 0 radical (unpaired) electrons. The lowest BCUT2D eigenvalue weighted by Crippen LogP contribution is -2.40. The summed E-state index contributed by atoms with van der Waals surface area (Å²) in [5.74, 6) is 1.05. The number of ether oxygens (including phenoxy) is 1. The number of halogens is 1. The van der Waals surface area contributed by atoms with Crippen LogP contribution in [0.1, 0.15) is 43.2 Å². The first-order valence-electron chi connectivity index (χ1n) is 8.77. The molecule has 1 saturated carbocycles. The second-order valence-corrected chi connectivity index (χ2v) is 7.03. The first-order chi connectivity index (χ1) is 11.2. The quantitative estimate of drug-likeness (QED) is 0.437. The Hall–Kier alpha value is -0.820. The fraction of sp³-hybridized carbons (Fsp3) is 0.632. The summed E-state index contributed by atoms with van der Waals surface area (Å²) in [6, 6.07) is 8.59. The van der Waals surface area contributed by atoms with Gasteiger partial charge in [-0.1, -0.05) is 37.1 Å². The van der Waals surface area contributed by atoms with Crippen LogP contribution in [0, 0.1) is 5.41 Å². The molecule has 2 fully saturated rings. The summed E-state index contributed by atoms with van der Waals surface area (Å²) in [6.45, 7) is 3.82. The monoisotopic (exact) mass is 443 g/mol. The predicted octanol–water partition coefficient (Wildman–Crippen LogP) is 3.79. The number of nitrogens with one attached hydrogen (secondary N) is 1. The van der Waals surface area contributed by atoms with Crippen LogP contribution in [0.3, 0.4) is 0 Å². The molecule has 24 heavy (non-hydrogen) atoms. The Morgan fingerprint density at radius 1 is 1.17 bits per heavy atom. The fourth-order valence-electron chi connectivity index (χ4n) is 4.08. The van der Waals surface area contributed by atoms with Crippen molar-refractivity contribution in [2.45, 2.75) is 45.3 Å². The number of aliphatic imine (C=N–C) groups is 1. The van der Waals surface area contributed by atoms with E-state index < -0.39 is 0 Å². The van der Waals surface area contributed by atoms with Crippen molar-refractivity contribution in [3.8, 4) is 0 Å². The van der Waals surface area contributed by atoms with Gasteiger partial charge in [-0.3, -0.25) is 4.99 Å². The van der Waals surface area contributed by atoms with Gasteiger partial charge in [-0.25, -0.2) is 0 Å². The van der Waals surface area contributed by atoms with Crippen molar-refractivity contribution in [3.63, 3.8) is 0 Å². The Morgan fingerprint density at radius 2 is 1.83 bits per heavy atom. The molecule has 1 aromatic rings. The largest absolute Gasteiger partial charge is 0.380 e. The van der Waals surface area contributed by atoms with Gasteiger partial charge in [0.2, 0.25) is 0 Å². The Labute approximate surface area is 163 Å². The maximum Gasteiger partial charge on any atom is 0.193 e. The highest BCUT2D eigenvalue weighted by atomic mass is 127. The molecule has 0 atom stereocenters. The summed E-state index contributed by atoms with van der Waals surface area (Å²) in [6.07, 6.45) is 6.96. The standard InChI is InChI=1S/C19H29N3O.HI/c1-20-18(22-12-11-19(15-22)9-3-4-10-19)21-13-16-5-7-17(8-6-16)14-23-2;/h5-8H,3-4,9-15H2,1-2H3,(H,20,21);1H. The second kappa shape index (κ2) is 9.04. The van der Waals surface area contributed by atoms with Gasteiger partial charge in [0.1, 0.15) is 0 Å². The third-order valence-corrected chi connectivity index (χ3v) is 5.40. The summed E-state index contributed by atoms with van der Waals surface area (Å²) in [5.41, 5.74) is 3.07. The van der Waals surface area contributed by atoms with Crippen LogP contribution in [-0.2, 0) is 17.9 Å². The van der Waals surface area contributed by atoms with E-state index in [9.17, 15) is 0 Å². The van der Waals surface area contributed by atoms with E-state index in [2.05, 4.69) is 39.5 Å². The molecule has 0 bridgehead atoms. The molecule has 1 heterocycles. The third kappa shape index (κ3) is 4.63. The molecule has 1 aromatic carbocycles. The van der Waals surface area contributed by atoms with Crippen molar-refractivity contribution in [1.82, 2.24) is 10.2 Å². The molecular weight excluding hydrogens is 413 g/mol. The molecule has 3 rings (SSSR count). The van der Waals surface area contributed by atoms with Crippen LogP contribution in [0.25, 0.3) is 0 Å². The predicted molar refractivity (Wildman–Crippen MR) is 110 cm³/mol. The maximum absolute atomic E-state index is 5.16. The minimum atomic E-state index is 0. The Bertz CT molecular complexity index is 538. The van der Waals surface area contributed by atoms with Gasteiger partial charge in [-0.15, -0.1) is 24.0 Å². The lowest BCUT2D eigenvalue weighted by molar-refractivity contribution is 0.185. The van der Waals surface area contributed by atoms with E-state index in [1.807, 2.05) is 7.05 Å². The van der Waals surface area contributed by atoms with Gasteiger partial charge in [0.15, 0.2) is 5.96 Å². The number of rotatable bonds is 4. The van der Waals surface area contributed by atoms with Gasteiger partial charge in [0.25, 0.3) is 0 Å². The van der Waals surface area contributed by atoms with E-state index in [1.54, 1.807) is 7.11 Å². The van der Waals surface area contributed by atoms with Crippen molar-refractivity contribution in [1.29, 1.82) is 0 Å². The van der Waals surface area contributed by atoms with Gasteiger partial charge >= 0.3 is 0 Å². The normalized spacial score (nSPS) is 19.6. The SMILES string of the molecule is CN=C(NCc1ccc(COC)cc1)N1CCC2(CCCC2)C1.I. The van der Waals surface area contributed by atoms with E-state index >= 15 is 0 Å². The highest BCUT2D eigenvalue weighted by Gasteiger charge is 2.40. The number of guanidine groups is 1. The van der Waals surface area contributed by atoms with Gasteiger partial charge < -0.3 is 15.0 Å². The summed E-state index contributed by atoms with van der Waals surface area (Å²) in [7, 11) is 3.62. The Kier molecular flexibility index (Phi) is 7.34. The van der Waals surface area contributed by atoms with Gasteiger partial charge in [-0.05, 0) is 35.8 Å².